The minimum Gasteiger partial charge on any atom is -0.342 e. The lowest BCUT2D eigenvalue weighted by Gasteiger charge is -2.27. The summed E-state index contributed by atoms with van der Waals surface area (Å²) in [5.74, 6) is -0.261. The number of thioether (sulfide) groups is 2. The summed E-state index contributed by atoms with van der Waals surface area (Å²) in [6.45, 7) is 5.37. The van der Waals surface area contributed by atoms with Gasteiger partial charge < -0.3 is 14.2 Å². The number of hydrogen-bond donors (Lipinski definition) is 0. The van der Waals surface area contributed by atoms with Crippen LogP contribution in [0.25, 0.3) is 0 Å². The van der Waals surface area contributed by atoms with Gasteiger partial charge in [-0.3, -0.25) is 4.18 Å². The Kier molecular flexibility index (Phi) is 5.73. The van der Waals surface area contributed by atoms with Gasteiger partial charge in [0.05, 0.1) is 4.90 Å². The van der Waals surface area contributed by atoms with Crippen LogP contribution in [0.2, 0.25) is 0 Å². The van der Waals surface area contributed by atoms with Crippen molar-refractivity contribution in [2.24, 2.45) is 0 Å². The van der Waals surface area contributed by atoms with Gasteiger partial charge in [0.25, 0.3) is 10.1 Å². The van der Waals surface area contributed by atoms with Gasteiger partial charge in [-0.25, -0.2) is 4.21 Å². The molecule has 0 spiro atoms. The van der Waals surface area contributed by atoms with E-state index in [0.717, 1.165) is 5.56 Å². The van der Waals surface area contributed by atoms with Gasteiger partial charge >= 0.3 is 0 Å². The third-order valence-corrected chi connectivity index (χ3v) is 9.68. The molecule has 0 unspecified atom stereocenters. The highest BCUT2D eigenvalue weighted by Gasteiger charge is 2.59. The predicted molar refractivity (Wildman–Crippen MR) is 109 cm³/mol. The van der Waals surface area contributed by atoms with E-state index in [2.05, 4.69) is 0 Å². The fourth-order valence-corrected chi connectivity index (χ4v) is 7.80. The van der Waals surface area contributed by atoms with Crippen LogP contribution in [0.15, 0.2) is 29.2 Å². The molecule has 11 heteroatoms. The van der Waals surface area contributed by atoms with E-state index in [9.17, 15) is 12.6 Å². The topological polar surface area (TPSA) is 88.1 Å². The van der Waals surface area contributed by atoms with Gasteiger partial charge in [0.1, 0.15) is 33.1 Å². The molecule has 3 aliphatic heterocycles. The van der Waals surface area contributed by atoms with E-state index < -0.39 is 40.5 Å². The van der Waals surface area contributed by atoms with Crippen molar-refractivity contribution in [1.29, 1.82) is 0 Å². The van der Waals surface area contributed by atoms with Crippen LogP contribution >= 0.6 is 23.5 Å². The fourth-order valence-electron chi connectivity index (χ4n) is 3.37. The zero-order valence-corrected chi connectivity index (χ0v) is 18.7. The number of benzene rings is 1. The Bertz CT molecular complexity index is 908. The molecule has 0 radical (unpaired) electrons. The van der Waals surface area contributed by atoms with Crippen LogP contribution in [0.3, 0.4) is 0 Å². The molecule has 7 nitrogen and oxygen atoms in total. The molecule has 3 heterocycles. The van der Waals surface area contributed by atoms with Crippen molar-refractivity contribution in [3.05, 3.63) is 29.8 Å². The smallest absolute Gasteiger partial charge is 0.297 e. The Labute approximate surface area is 176 Å². The lowest BCUT2D eigenvalue weighted by atomic mass is 10.1. The number of rotatable bonds is 4. The molecule has 28 heavy (non-hydrogen) atoms. The summed E-state index contributed by atoms with van der Waals surface area (Å²) in [6.07, 6.45) is -2.83. The third kappa shape index (κ3) is 4.08. The second-order valence-electron chi connectivity index (χ2n) is 7.20. The highest BCUT2D eigenvalue weighted by molar-refractivity contribution is 8.48. The van der Waals surface area contributed by atoms with Crippen LogP contribution in [0.4, 0.5) is 0 Å². The van der Waals surface area contributed by atoms with Crippen LogP contribution in [-0.2, 0) is 39.8 Å². The van der Waals surface area contributed by atoms with Gasteiger partial charge in [0.15, 0.2) is 12.1 Å². The molecule has 5 atom stereocenters. The molecule has 1 aromatic rings. The maximum absolute atomic E-state index is 12.9. The Balaban J connectivity index is 1.61. The van der Waals surface area contributed by atoms with Gasteiger partial charge in [0, 0.05) is 11.0 Å². The second kappa shape index (κ2) is 7.69. The average Bonchev–Trinajstić information content (AvgIpc) is 3.29. The number of aryl methyl sites for hydroxylation is 1. The second-order valence-corrected chi connectivity index (χ2v) is 12.4. The average molecular weight is 465 g/mol. The molecular weight excluding hydrogens is 444 g/mol. The molecule has 4 rings (SSSR count). The molecule has 0 aliphatic carbocycles. The fraction of sp³-hybridized carbons (Fsp3) is 0.588. The Morgan fingerprint density at radius 3 is 2.54 bits per heavy atom. The minimum atomic E-state index is -4.02. The Morgan fingerprint density at radius 2 is 1.89 bits per heavy atom. The van der Waals surface area contributed by atoms with Crippen molar-refractivity contribution < 1.29 is 31.0 Å². The summed E-state index contributed by atoms with van der Waals surface area (Å²) >= 11 is 3.28. The van der Waals surface area contributed by atoms with E-state index >= 15 is 0 Å². The lowest BCUT2D eigenvalue weighted by Crippen LogP contribution is -2.43. The van der Waals surface area contributed by atoms with Gasteiger partial charge in [-0.05, 0) is 32.9 Å². The van der Waals surface area contributed by atoms with Crippen molar-refractivity contribution in [2.75, 3.05) is 5.75 Å². The predicted octanol–water partition coefficient (Wildman–Crippen LogP) is 2.09. The van der Waals surface area contributed by atoms with E-state index in [1.807, 2.05) is 6.92 Å². The molecule has 3 saturated heterocycles. The maximum atomic E-state index is 12.9. The quantitative estimate of drug-likeness (QED) is 0.491. The van der Waals surface area contributed by atoms with E-state index in [1.54, 1.807) is 26.0 Å². The highest BCUT2D eigenvalue weighted by Crippen LogP contribution is 2.45. The van der Waals surface area contributed by atoms with Crippen molar-refractivity contribution in [1.82, 2.24) is 0 Å². The number of fused-ring (bicyclic) bond motifs is 1. The van der Waals surface area contributed by atoms with Gasteiger partial charge in [-0.1, -0.05) is 29.5 Å². The van der Waals surface area contributed by atoms with Gasteiger partial charge in [-0.2, -0.15) is 8.42 Å². The monoisotopic (exact) mass is 464 g/mol. The number of ether oxygens (including phenoxy) is 3. The number of hydrogen-bond acceptors (Lipinski definition) is 9. The van der Waals surface area contributed by atoms with Crippen LogP contribution in [-0.4, -0.2) is 57.5 Å². The molecule has 154 valence electrons. The highest BCUT2D eigenvalue weighted by atomic mass is 32.2. The molecule has 0 bridgehead atoms. The molecule has 0 aromatic heterocycles. The summed E-state index contributed by atoms with van der Waals surface area (Å²) < 4.78 is 60.9. The van der Waals surface area contributed by atoms with Gasteiger partial charge in [-0.15, -0.1) is 11.8 Å². The summed E-state index contributed by atoms with van der Waals surface area (Å²) in [7, 11) is -4.02. The molecule has 3 fully saturated rings. The molecule has 3 aliphatic rings. The molecule has 0 saturated carbocycles. The molecular formula is C17H20O7S4. The largest absolute Gasteiger partial charge is 0.342 e. The van der Waals surface area contributed by atoms with Gasteiger partial charge in [0.2, 0.25) is 0 Å². The Morgan fingerprint density at radius 1 is 1.18 bits per heavy atom. The SMILES string of the molecule is Cc1ccc(S(=O)(=O)O[C@@H]2[C@H]3OC(C)(C)O[C@@H]3O[C@@H]2[C@@H]2CSC(=S=O)S2)cc1. The van der Waals surface area contributed by atoms with Crippen molar-refractivity contribution in [2.45, 2.75) is 61.3 Å². The zero-order valence-electron chi connectivity index (χ0n) is 15.4. The normalized spacial score (nSPS) is 34.5. The van der Waals surface area contributed by atoms with Crippen LogP contribution < -0.4 is 0 Å². The van der Waals surface area contributed by atoms with E-state index in [1.165, 1.54) is 35.7 Å². The minimum absolute atomic E-state index is 0.0780. The molecule has 1 aromatic carbocycles. The first-order valence-corrected chi connectivity index (χ1v) is 12.7. The van der Waals surface area contributed by atoms with Crippen molar-refractivity contribution in [3.63, 3.8) is 0 Å². The van der Waals surface area contributed by atoms with Crippen molar-refractivity contribution >= 4 is 48.4 Å². The summed E-state index contributed by atoms with van der Waals surface area (Å²) in [5, 5.41) is -0.124. The van der Waals surface area contributed by atoms with E-state index in [4.69, 9.17) is 18.4 Å². The summed E-state index contributed by atoms with van der Waals surface area (Å²) in [6, 6.07) is 6.47. The first-order chi connectivity index (χ1) is 13.2. The Hall–Kier alpha value is -0.400. The van der Waals surface area contributed by atoms with Crippen molar-refractivity contribution in [3.8, 4) is 0 Å². The summed E-state index contributed by atoms with van der Waals surface area (Å²) in [5.41, 5.74) is 0.952. The van der Waals surface area contributed by atoms with Crippen LogP contribution in [0.1, 0.15) is 19.4 Å². The standard InChI is InChI=1S/C17H20O7S4/c1-9-4-6-10(7-5-9)28(19,20)24-13-12(11-8-25-16(26-11)27-18)21-15-14(13)22-17(2,3)23-15/h4-7,11-15H,8H2,1-3H3/t11-,12+,13-,14+,15-/m0/s1. The van der Waals surface area contributed by atoms with E-state index in [-0.39, 0.29) is 10.1 Å². The van der Waals surface area contributed by atoms with E-state index in [0.29, 0.717) is 20.5 Å². The molecule has 0 amide bonds. The maximum Gasteiger partial charge on any atom is 0.297 e. The third-order valence-electron chi connectivity index (χ3n) is 4.62. The lowest BCUT2D eigenvalue weighted by molar-refractivity contribution is -0.212. The molecule has 0 N–H and O–H groups in total. The first kappa shape index (κ1) is 20.9. The first-order valence-electron chi connectivity index (χ1n) is 8.66. The van der Waals surface area contributed by atoms with Crippen LogP contribution in [0, 0.1) is 6.92 Å². The summed E-state index contributed by atoms with van der Waals surface area (Å²) in [4.78, 5) is 0.0780. The van der Waals surface area contributed by atoms with Crippen LogP contribution in [0.5, 0.6) is 0 Å². The zero-order chi connectivity index (χ0) is 20.1.